The fourth-order valence-electron chi connectivity index (χ4n) is 3.27. The predicted octanol–water partition coefficient (Wildman–Crippen LogP) is 4.43. The second-order valence-corrected chi connectivity index (χ2v) is 8.44. The highest BCUT2D eigenvalue weighted by Gasteiger charge is 2.24. The summed E-state index contributed by atoms with van der Waals surface area (Å²) in [5, 5.41) is 15.6. The molecule has 178 valence electrons. The summed E-state index contributed by atoms with van der Waals surface area (Å²) in [6, 6.07) is 9.21. The minimum Gasteiger partial charge on any atom is -0.480 e. The van der Waals surface area contributed by atoms with Gasteiger partial charge in [0.25, 0.3) is 5.91 Å². The molecule has 0 saturated heterocycles. The van der Waals surface area contributed by atoms with Crippen molar-refractivity contribution in [2.75, 3.05) is 11.9 Å². The van der Waals surface area contributed by atoms with E-state index in [1.807, 2.05) is 18.2 Å². The van der Waals surface area contributed by atoms with E-state index in [1.165, 1.54) is 12.1 Å². The number of carbonyl (C=O) groups is 2. The topological polar surface area (TPSA) is 117 Å². The molecule has 0 fully saturated rings. The van der Waals surface area contributed by atoms with Gasteiger partial charge in [-0.2, -0.15) is 0 Å². The van der Waals surface area contributed by atoms with Gasteiger partial charge in [0.1, 0.15) is 17.7 Å². The van der Waals surface area contributed by atoms with E-state index in [4.69, 9.17) is 23.2 Å². The van der Waals surface area contributed by atoms with E-state index in [-0.39, 0.29) is 22.0 Å². The smallest absolute Gasteiger partial charge is 0.326 e. The van der Waals surface area contributed by atoms with Gasteiger partial charge in [-0.25, -0.2) is 19.7 Å². The van der Waals surface area contributed by atoms with Crippen LogP contribution >= 0.6 is 23.2 Å². The SMILES string of the molecule is O=C(N[C@@H](Cc1cnc(CCCCCNc2ccccn2)nc1)C(=O)O)c1c(Cl)cccc1Cl. The van der Waals surface area contributed by atoms with Crippen molar-refractivity contribution in [1.82, 2.24) is 20.3 Å². The number of hydrogen-bond acceptors (Lipinski definition) is 6. The van der Waals surface area contributed by atoms with Gasteiger partial charge in [0.2, 0.25) is 0 Å². The minimum absolute atomic E-state index is 0.0304. The summed E-state index contributed by atoms with van der Waals surface area (Å²) in [5.41, 5.74) is 0.639. The molecular weight excluding hydrogens is 477 g/mol. The normalized spacial score (nSPS) is 11.6. The Bertz CT molecular complexity index is 1080. The molecule has 2 aromatic heterocycles. The van der Waals surface area contributed by atoms with E-state index in [0.29, 0.717) is 11.4 Å². The van der Waals surface area contributed by atoms with E-state index in [2.05, 4.69) is 25.6 Å². The van der Waals surface area contributed by atoms with Gasteiger partial charge in [-0.1, -0.05) is 41.8 Å². The molecule has 0 bridgehead atoms. The first-order chi connectivity index (χ1) is 16.4. The fraction of sp³-hybridized carbons (Fsp3) is 0.292. The molecule has 1 atom stereocenters. The van der Waals surface area contributed by atoms with Crippen LogP contribution < -0.4 is 10.6 Å². The highest BCUT2D eigenvalue weighted by molar-refractivity contribution is 6.39. The standard InChI is InChI=1S/C24H25Cl2N5O3/c25-17-7-6-8-18(26)22(17)23(32)31-19(24(33)34)13-16-14-29-21(30-15-16)9-2-1-4-11-27-20-10-3-5-12-28-20/h3,5-8,10,12,14-15,19H,1-2,4,9,11,13H2,(H,27,28)(H,31,32)(H,33,34)/t19-/m0/s1. The first-order valence-corrected chi connectivity index (χ1v) is 11.6. The van der Waals surface area contributed by atoms with Crippen molar-refractivity contribution in [3.8, 4) is 0 Å². The summed E-state index contributed by atoms with van der Waals surface area (Å²) in [6.45, 7) is 0.846. The third-order valence-electron chi connectivity index (χ3n) is 5.04. The van der Waals surface area contributed by atoms with Gasteiger partial charge in [0.05, 0.1) is 15.6 Å². The van der Waals surface area contributed by atoms with Gasteiger partial charge >= 0.3 is 5.97 Å². The lowest BCUT2D eigenvalue weighted by Crippen LogP contribution is -2.42. The number of aliphatic carboxylic acids is 1. The lowest BCUT2D eigenvalue weighted by molar-refractivity contribution is -0.139. The molecule has 0 unspecified atom stereocenters. The molecule has 0 spiro atoms. The van der Waals surface area contributed by atoms with Crippen LogP contribution in [0, 0.1) is 0 Å². The number of unbranched alkanes of at least 4 members (excludes halogenated alkanes) is 2. The maximum absolute atomic E-state index is 12.5. The third kappa shape index (κ3) is 7.67. The summed E-state index contributed by atoms with van der Waals surface area (Å²) in [6.07, 6.45) is 8.66. The molecule has 0 aliphatic rings. The van der Waals surface area contributed by atoms with Crippen LogP contribution in [0.1, 0.15) is 41.0 Å². The number of carboxylic acid groups (broad SMARTS) is 1. The summed E-state index contributed by atoms with van der Waals surface area (Å²) < 4.78 is 0. The second-order valence-electron chi connectivity index (χ2n) is 7.63. The number of halogens is 2. The van der Waals surface area contributed by atoms with Crippen molar-refractivity contribution < 1.29 is 14.7 Å². The van der Waals surface area contributed by atoms with E-state index >= 15 is 0 Å². The van der Waals surface area contributed by atoms with Crippen LogP contribution in [0.5, 0.6) is 0 Å². The number of benzene rings is 1. The maximum Gasteiger partial charge on any atom is 0.326 e. The van der Waals surface area contributed by atoms with Crippen LogP contribution in [-0.2, 0) is 17.6 Å². The van der Waals surface area contributed by atoms with Crippen molar-refractivity contribution in [3.05, 3.63) is 82.0 Å². The average molecular weight is 502 g/mol. The van der Waals surface area contributed by atoms with Crippen LogP contribution in [-0.4, -0.2) is 44.5 Å². The Kier molecular flexibility index (Phi) is 9.61. The molecule has 2 heterocycles. The molecule has 10 heteroatoms. The monoisotopic (exact) mass is 501 g/mol. The van der Waals surface area contributed by atoms with Gasteiger partial charge in [-0.15, -0.1) is 0 Å². The Balaban J connectivity index is 1.45. The molecule has 0 saturated carbocycles. The van der Waals surface area contributed by atoms with Gasteiger partial charge in [0, 0.05) is 38.0 Å². The van der Waals surface area contributed by atoms with Crippen LogP contribution in [0.15, 0.2) is 55.0 Å². The Hall–Kier alpha value is -3.23. The van der Waals surface area contributed by atoms with Crippen molar-refractivity contribution in [2.24, 2.45) is 0 Å². The minimum atomic E-state index is -1.18. The molecule has 8 nitrogen and oxygen atoms in total. The lowest BCUT2D eigenvalue weighted by Gasteiger charge is -2.15. The van der Waals surface area contributed by atoms with E-state index in [9.17, 15) is 14.7 Å². The quantitative estimate of drug-likeness (QED) is 0.314. The molecule has 3 N–H and O–H groups in total. The number of pyridine rings is 1. The first-order valence-electron chi connectivity index (χ1n) is 10.9. The molecule has 34 heavy (non-hydrogen) atoms. The molecule has 1 amide bonds. The van der Waals surface area contributed by atoms with Crippen LogP contribution in [0.25, 0.3) is 0 Å². The van der Waals surface area contributed by atoms with E-state index < -0.39 is 17.9 Å². The third-order valence-corrected chi connectivity index (χ3v) is 5.67. The van der Waals surface area contributed by atoms with Crippen LogP contribution in [0.4, 0.5) is 5.82 Å². The number of carboxylic acids is 1. The van der Waals surface area contributed by atoms with Crippen LogP contribution in [0.3, 0.4) is 0 Å². The van der Waals surface area contributed by atoms with Crippen LogP contribution in [0.2, 0.25) is 10.0 Å². The first kappa shape index (κ1) is 25.4. The van der Waals surface area contributed by atoms with Gasteiger partial charge < -0.3 is 15.7 Å². The molecule has 0 radical (unpaired) electrons. The number of aryl methyl sites for hydroxylation is 1. The molecule has 0 aliphatic carbocycles. The summed E-state index contributed by atoms with van der Waals surface area (Å²) in [7, 11) is 0. The number of rotatable bonds is 12. The van der Waals surface area contributed by atoms with E-state index in [0.717, 1.165) is 38.0 Å². The fourth-order valence-corrected chi connectivity index (χ4v) is 3.83. The van der Waals surface area contributed by atoms with Gasteiger partial charge in [-0.05, 0) is 42.7 Å². The Morgan fingerprint density at radius 2 is 1.68 bits per heavy atom. The van der Waals surface area contributed by atoms with Gasteiger partial charge in [-0.3, -0.25) is 4.79 Å². The molecule has 3 aromatic rings. The molecule has 3 rings (SSSR count). The molecule has 0 aliphatic heterocycles. The van der Waals surface area contributed by atoms with Crippen molar-refractivity contribution in [3.63, 3.8) is 0 Å². The summed E-state index contributed by atoms with van der Waals surface area (Å²) in [5.74, 6) is -0.273. The number of hydrogen-bond donors (Lipinski definition) is 3. The zero-order chi connectivity index (χ0) is 24.3. The van der Waals surface area contributed by atoms with E-state index in [1.54, 1.807) is 24.7 Å². The average Bonchev–Trinajstić information content (AvgIpc) is 2.82. The predicted molar refractivity (Wildman–Crippen MR) is 131 cm³/mol. The highest BCUT2D eigenvalue weighted by atomic mass is 35.5. The Morgan fingerprint density at radius 1 is 0.941 bits per heavy atom. The lowest BCUT2D eigenvalue weighted by atomic mass is 10.1. The summed E-state index contributed by atoms with van der Waals surface area (Å²) >= 11 is 12.1. The number of aromatic nitrogens is 3. The largest absolute Gasteiger partial charge is 0.480 e. The number of carbonyl (C=O) groups excluding carboxylic acids is 1. The Morgan fingerprint density at radius 3 is 2.32 bits per heavy atom. The van der Waals surface area contributed by atoms with Crippen molar-refractivity contribution >= 4 is 40.9 Å². The number of nitrogens with one attached hydrogen (secondary N) is 2. The zero-order valence-corrected chi connectivity index (χ0v) is 19.9. The number of anilines is 1. The Labute approximate surface area is 207 Å². The highest BCUT2D eigenvalue weighted by Crippen LogP contribution is 2.24. The number of nitrogens with zero attached hydrogens (tertiary/aromatic N) is 3. The van der Waals surface area contributed by atoms with Crippen molar-refractivity contribution in [2.45, 2.75) is 38.1 Å². The zero-order valence-electron chi connectivity index (χ0n) is 18.4. The summed E-state index contributed by atoms with van der Waals surface area (Å²) in [4.78, 5) is 37.1. The molecule has 1 aromatic carbocycles. The second kappa shape index (κ2) is 12.9. The van der Waals surface area contributed by atoms with Crippen molar-refractivity contribution in [1.29, 1.82) is 0 Å². The maximum atomic E-state index is 12.5. The van der Waals surface area contributed by atoms with Gasteiger partial charge in [0.15, 0.2) is 0 Å². The molecular formula is C24H25Cl2N5O3. The number of amides is 1.